The first-order chi connectivity index (χ1) is 7.16. The van der Waals surface area contributed by atoms with Crippen molar-refractivity contribution in [3.05, 3.63) is 34.9 Å². The van der Waals surface area contributed by atoms with Crippen LogP contribution in [-0.4, -0.2) is 5.91 Å². The van der Waals surface area contributed by atoms with Crippen LogP contribution in [0.4, 0.5) is 0 Å². The smallest absolute Gasteiger partial charge is 0.220 e. The van der Waals surface area contributed by atoms with Crippen LogP contribution in [0.5, 0.6) is 0 Å². The summed E-state index contributed by atoms with van der Waals surface area (Å²) in [6.45, 7) is 0. The molecule has 0 bridgehead atoms. The molecule has 0 aliphatic heterocycles. The first-order valence-corrected chi connectivity index (χ1v) is 5.59. The maximum atomic E-state index is 11.0. The molecule has 1 aromatic rings. The van der Waals surface area contributed by atoms with Gasteiger partial charge in [0.1, 0.15) is 0 Å². The highest BCUT2D eigenvalue weighted by Gasteiger charge is 2.29. The molecule has 1 fully saturated rings. The van der Waals surface area contributed by atoms with Gasteiger partial charge in [-0.2, -0.15) is 0 Å². The fourth-order valence-electron chi connectivity index (χ4n) is 2.28. The zero-order chi connectivity index (χ0) is 10.8. The summed E-state index contributed by atoms with van der Waals surface area (Å²) < 4.78 is 0. The van der Waals surface area contributed by atoms with E-state index in [1.807, 2.05) is 24.3 Å². The van der Waals surface area contributed by atoms with E-state index in [4.69, 9.17) is 17.3 Å². The molecule has 0 spiro atoms. The lowest BCUT2D eigenvalue weighted by Crippen LogP contribution is -2.20. The Kier molecular flexibility index (Phi) is 2.96. The molecule has 0 radical (unpaired) electrons. The average Bonchev–Trinajstić information content (AvgIpc) is 2.68. The molecule has 1 saturated carbocycles. The predicted molar refractivity (Wildman–Crippen MR) is 60.7 cm³/mol. The number of primary amides is 1. The van der Waals surface area contributed by atoms with Gasteiger partial charge < -0.3 is 5.73 Å². The van der Waals surface area contributed by atoms with Gasteiger partial charge in [0.15, 0.2) is 0 Å². The number of hydrogen-bond donors (Lipinski definition) is 1. The SMILES string of the molecule is NC(=O)C1CCC(c2ccc(Cl)cc2)C1. The molecule has 0 saturated heterocycles. The molecule has 2 unspecified atom stereocenters. The second-order valence-electron chi connectivity index (χ2n) is 4.16. The van der Waals surface area contributed by atoms with E-state index in [0.29, 0.717) is 5.92 Å². The maximum absolute atomic E-state index is 11.0. The first-order valence-electron chi connectivity index (χ1n) is 5.21. The summed E-state index contributed by atoms with van der Waals surface area (Å²) >= 11 is 5.82. The fourth-order valence-corrected chi connectivity index (χ4v) is 2.40. The number of carbonyl (C=O) groups excluding carboxylic acids is 1. The van der Waals surface area contributed by atoms with Crippen LogP contribution < -0.4 is 5.73 Å². The summed E-state index contributed by atoms with van der Waals surface area (Å²) in [4.78, 5) is 11.0. The van der Waals surface area contributed by atoms with Gasteiger partial charge in [0.05, 0.1) is 0 Å². The molecule has 1 aliphatic rings. The number of amides is 1. The summed E-state index contributed by atoms with van der Waals surface area (Å²) in [6, 6.07) is 7.87. The minimum absolute atomic E-state index is 0.0608. The van der Waals surface area contributed by atoms with Gasteiger partial charge in [-0.25, -0.2) is 0 Å². The van der Waals surface area contributed by atoms with E-state index in [9.17, 15) is 4.79 Å². The minimum atomic E-state index is -0.161. The van der Waals surface area contributed by atoms with Gasteiger partial charge in [-0.1, -0.05) is 23.7 Å². The molecule has 1 aliphatic carbocycles. The molecule has 1 amide bonds. The van der Waals surface area contributed by atoms with E-state index in [-0.39, 0.29) is 11.8 Å². The van der Waals surface area contributed by atoms with Crippen molar-refractivity contribution in [2.45, 2.75) is 25.2 Å². The molecule has 80 valence electrons. The maximum Gasteiger partial charge on any atom is 0.220 e. The van der Waals surface area contributed by atoms with Gasteiger partial charge in [0.2, 0.25) is 5.91 Å². The van der Waals surface area contributed by atoms with E-state index < -0.39 is 0 Å². The lowest BCUT2D eigenvalue weighted by atomic mass is 9.96. The molecule has 2 N–H and O–H groups in total. The molecule has 3 heteroatoms. The second kappa shape index (κ2) is 4.23. The summed E-state index contributed by atoms with van der Waals surface area (Å²) in [7, 11) is 0. The standard InChI is InChI=1S/C12H14ClNO/c13-11-5-3-8(4-6-11)9-1-2-10(7-9)12(14)15/h3-6,9-10H,1-2,7H2,(H2,14,15). The summed E-state index contributed by atoms with van der Waals surface area (Å²) in [5.74, 6) is 0.372. The van der Waals surface area contributed by atoms with E-state index in [1.54, 1.807) is 0 Å². The number of halogens is 1. The van der Waals surface area contributed by atoms with Crippen molar-refractivity contribution < 1.29 is 4.79 Å². The van der Waals surface area contributed by atoms with Crippen molar-refractivity contribution in [2.75, 3.05) is 0 Å². The molecule has 1 aromatic carbocycles. The Labute approximate surface area is 94.4 Å². The molecular formula is C12H14ClNO. The fraction of sp³-hybridized carbons (Fsp3) is 0.417. The molecule has 15 heavy (non-hydrogen) atoms. The quantitative estimate of drug-likeness (QED) is 0.823. The van der Waals surface area contributed by atoms with E-state index >= 15 is 0 Å². The van der Waals surface area contributed by atoms with E-state index in [1.165, 1.54) is 5.56 Å². The van der Waals surface area contributed by atoms with Crippen LogP contribution in [0.3, 0.4) is 0 Å². The average molecular weight is 224 g/mol. The number of benzene rings is 1. The van der Waals surface area contributed by atoms with Crippen LogP contribution in [0.1, 0.15) is 30.7 Å². The van der Waals surface area contributed by atoms with Crippen molar-refractivity contribution >= 4 is 17.5 Å². The lowest BCUT2D eigenvalue weighted by Gasteiger charge is -2.09. The largest absolute Gasteiger partial charge is 0.369 e. The van der Waals surface area contributed by atoms with Crippen LogP contribution in [0.2, 0.25) is 5.02 Å². The third kappa shape index (κ3) is 2.32. The van der Waals surface area contributed by atoms with E-state index in [0.717, 1.165) is 24.3 Å². The highest BCUT2D eigenvalue weighted by atomic mass is 35.5. The monoisotopic (exact) mass is 223 g/mol. The predicted octanol–water partition coefficient (Wildman–Crippen LogP) is 2.71. The van der Waals surface area contributed by atoms with Crippen molar-refractivity contribution in [1.29, 1.82) is 0 Å². The minimum Gasteiger partial charge on any atom is -0.369 e. The van der Waals surface area contributed by atoms with Crippen LogP contribution in [-0.2, 0) is 4.79 Å². The number of nitrogens with two attached hydrogens (primary N) is 1. The van der Waals surface area contributed by atoms with Crippen molar-refractivity contribution in [2.24, 2.45) is 11.7 Å². The molecule has 2 atom stereocenters. The third-order valence-electron chi connectivity index (χ3n) is 3.18. The molecule has 2 nitrogen and oxygen atoms in total. The van der Waals surface area contributed by atoms with Crippen LogP contribution in [0.25, 0.3) is 0 Å². The Morgan fingerprint density at radius 3 is 2.47 bits per heavy atom. The topological polar surface area (TPSA) is 43.1 Å². The Balaban J connectivity index is 2.07. The Morgan fingerprint density at radius 2 is 1.93 bits per heavy atom. The van der Waals surface area contributed by atoms with Gasteiger partial charge in [0, 0.05) is 10.9 Å². The van der Waals surface area contributed by atoms with Gasteiger partial charge in [-0.15, -0.1) is 0 Å². The van der Waals surface area contributed by atoms with Gasteiger partial charge in [-0.3, -0.25) is 4.79 Å². The Hall–Kier alpha value is -1.02. The van der Waals surface area contributed by atoms with E-state index in [2.05, 4.69) is 0 Å². The molecular weight excluding hydrogens is 210 g/mol. The van der Waals surface area contributed by atoms with Crippen molar-refractivity contribution in [3.63, 3.8) is 0 Å². The Bertz CT molecular complexity index is 360. The summed E-state index contributed by atoms with van der Waals surface area (Å²) in [6.07, 6.45) is 2.86. The lowest BCUT2D eigenvalue weighted by molar-refractivity contribution is -0.121. The van der Waals surface area contributed by atoms with Crippen molar-refractivity contribution in [1.82, 2.24) is 0 Å². The highest BCUT2D eigenvalue weighted by Crippen LogP contribution is 2.38. The van der Waals surface area contributed by atoms with Crippen LogP contribution >= 0.6 is 11.6 Å². The zero-order valence-corrected chi connectivity index (χ0v) is 9.20. The summed E-state index contributed by atoms with van der Waals surface area (Å²) in [5.41, 5.74) is 6.57. The third-order valence-corrected chi connectivity index (χ3v) is 3.43. The normalized spacial score (nSPS) is 25.4. The van der Waals surface area contributed by atoms with Gasteiger partial charge in [-0.05, 0) is 42.9 Å². The number of rotatable bonds is 2. The second-order valence-corrected chi connectivity index (χ2v) is 4.60. The van der Waals surface area contributed by atoms with Crippen LogP contribution in [0.15, 0.2) is 24.3 Å². The molecule has 0 aromatic heterocycles. The van der Waals surface area contributed by atoms with Gasteiger partial charge >= 0.3 is 0 Å². The van der Waals surface area contributed by atoms with Crippen molar-refractivity contribution in [3.8, 4) is 0 Å². The first kappa shape index (κ1) is 10.5. The Morgan fingerprint density at radius 1 is 1.27 bits per heavy atom. The summed E-state index contributed by atoms with van der Waals surface area (Å²) in [5, 5.41) is 0.753. The number of carbonyl (C=O) groups is 1. The number of hydrogen-bond acceptors (Lipinski definition) is 1. The highest BCUT2D eigenvalue weighted by molar-refractivity contribution is 6.30. The molecule has 0 heterocycles. The molecule has 2 rings (SSSR count). The zero-order valence-electron chi connectivity index (χ0n) is 8.45. The van der Waals surface area contributed by atoms with Gasteiger partial charge in [0.25, 0.3) is 0 Å². The van der Waals surface area contributed by atoms with Crippen LogP contribution in [0, 0.1) is 5.92 Å².